The molecule has 0 radical (unpaired) electrons. The highest BCUT2D eigenvalue weighted by Crippen LogP contribution is 2.29. The van der Waals surface area contributed by atoms with Crippen molar-refractivity contribution in [1.29, 1.82) is 0 Å². The molecule has 0 spiro atoms. The van der Waals surface area contributed by atoms with E-state index < -0.39 is 0 Å². The predicted molar refractivity (Wildman–Crippen MR) is 143 cm³/mol. The highest BCUT2D eigenvalue weighted by atomic mass is 15.2. The number of anilines is 2. The monoisotopic (exact) mass is 463 g/mol. The van der Waals surface area contributed by atoms with E-state index in [4.69, 9.17) is 0 Å². The quantitative estimate of drug-likeness (QED) is 0.385. The molecule has 1 saturated heterocycles. The van der Waals surface area contributed by atoms with E-state index in [9.17, 15) is 0 Å². The Balaban J connectivity index is 1.19. The molecule has 7 nitrogen and oxygen atoms in total. The summed E-state index contributed by atoms with van der Waals surface area (Å²) in [5, 5.41) is 5.74. The van der Waals surface area contributed by atoms with Crippen LogP contribution in [0.25, 0.3) is 33.2 Å². The molecular weight excluding hydrogens is 434 g/mol. The highest BCUT2D eigenvalue weighted by Gasteiger charge is 2.13. The van der Waals surface area contributed by atoms with Gasteiger partial charge in [0.2, 0.25) is 0 Å². The number of fused-ring (bicyclic) bond motifs is 3. The average molecular weight is 464 g/mol. The molecule has 7 heteroatoms. The summed E-state index contributed by atoms with van der Waals surface area (Å²) in [7, 11) is 2.21. The van der Waals surface area contributed by atoms with Gasteiger partial charge >= 0.3 is 0 Å². The van der Waals surface area contributed by atoms with Crippen molar-refractivity contribution in [2.75, 3.05) is 43.4 Å². The number of aromatic nitrogens is 4. The number of hydrogen-bond donors (Lipinski definition) is 2. The maximum absolute atomic E-state index is 4.65. The molecule has 0 saturated carbocycles. The molecule has 176 valence electrons. The first-order valence-electron chi connectivity index (χ1n) is 12.2. The third-order valence-corrected chi connectivity index (χ3v) is 6.81. The SMILES string of the molecule is CN1CCCN(c2ccc(CNc3cnc4[nH]c5cnc(-c6cccnc6)cc5c4c3)cc2)CC1. The number of likely N-dealkylation sites (N-methyl/N-ethyl adjacent to an activating group) is 1. The van der Waals surface area contributed by atoms with Crippen LogP contribution in [0.5, 0.6) is 0 Å². The van der Waals surface area contributed by atoms with Gasteiger partial charge in [0, 0.05) is 60.6 Å². The summed E-state index contributed by atoms with van der Waals surface area (Å²) in [6.07, 6.45) is 8.58. The third kappa shape index (κ3) is 4.55. The Hall–Kier alpha value is -3.97. The van der Waals surface area contributed by atoms with Crippen molar-refractivity contribution in [1.82, 2.24) is 24.8 Å². The van der Waals surface area contributed by atoms with Gasteiger partial charge in [0.25, 0.3) is 0 Å². The zero-order chi connectivity index (χ0) is 23.6. The van der Waals surface area contributed by atoms with Crippen LogP contribution < -0.4 is 10.2 Å². The van der Waals surface area contributed by atoms with E-state index in [1.165, 1.54) is 24.2 Å². The summed E-state index contributed by atoms with van der Waals surface area (Å²) in [6.45, 7) is 5.25. The number of pyridine rings is 3. The lowest BCUT2D eigenvalue weighted by Gasteiger charge is -2.23. The summed E-state index contributed by atoms with van der Waals surface area (Å²) < 4.78 is 0. The fourth-order valence-electron chi connectivity index (χ4n) is 4.78. The van der Waals surface area contributed by atoms with Crippen LogP contribution in [0.1, 0.15) is 12.0 Å². The van der Waals surface area contributed by atoms with Crippen LogP contribution in [0.2, 0.25) is 0 Å². The Morgan fingerprint density at radius 1 is 0.914 bits per heavy atom. The van der Waals surface area contributed by atoms with Crippen molar-refractivity contribution in [3.63, 3.8) is 0 Å². The van der Waals surface area contributed by atoms with Crippen molar-refractivity contribution < 1.29 is 0 Å². The molecule has 1 fully saturated rings. The number of H-pyrrole nitrogens is 1. The minimum absolute atomic E-state index is 0.751. The van der Waals surface area contributed by atoms with Crippen LogP contribution in [-0.4, -0.2) is 58.1 Å². The first-order valence-corrected chi connectivity index (χ1v) is 12.2. The lowest BCUT2D eigenvalue weighted by Crippen LogP contribution is -2.28. The summed E-state index contributed by atoms with van der Waals surface area (Å²) in [5.41, 5.74) is 7.31. The Morgan fingerprint density at radius 3 is 2.69 bits per heavy atom. The summed E-state index contributed by atoms with van der Waals surface area (Å²) in [4.78, 5) is 21.8. The smallest absolute Gasteiger partial charge is 0.138 e. The van der Waals surface area contributed by atoms with Gasteiger partial charge in [-0.15, -0.1) is 0 Å². The normalized spacial score (nSPS) is 14.9. The molecule has 4 aromatic heterocycles. The lowest BCUT2D eigenvalue weighted by atomic mass is 10.1. The molecule has 2 N–H and O–H groups in total. The second-order valence-corrected chi connectivity index (χ2v) is 9.27. The molecule has 35 heavy (non-hydrogen) atoms. The van der Waals surface area contributed by atoms with E-state index in [1.807, 2.05) is 30.7 Å². The minimum atomic E-state index is 0.751. The van der Waals surface area contributed by atoms with Crippen LogP contribution >= 0.6 is 0 Å². The molecule has 0 aliphatic carbocycles. The Labute approximate surface area is 204 Å². The van der Waals surface area contributed by atoms with E-state index in [-0.39, 0.29) is 0 Å². The first-order chi connectivity index (χ1) is 17.2. The predicted octanol–water partition coefficient (Wildman–Crippen LogP) is 4.93. The van der Waals surface area contributed by atoms with Crippen molar-refractivity contribution in [3.8, 4) is 11.3 Å². The molecule has 5 aromatic rings. The standard InChI is InChI=1S/C28H29N7/c1-34-10-3-11-35(13-12-34)23-7-5-20(6-8-23)16-30-22-14-25-24-15-26(21-4-2-9-29-17-21)31-19-27(24)33-28(25)32-18-22/h2,4-9,14-15,17-19,30H,3,10-13,16H2,1H3,(H,32,33). The van der Waals surface area contributed by atoms with Gasteiger partial charge < -0.3 is 20.1 Å². The zero-order valence-electron chi connectivity index (χ0n) is 19.9. The highest BCUT2D eigenvalue weighted by molar-refractivity contribution is 6.07. The maximum Gasteiger partial charge on any atom is 0.138 e. The average Bonchev–Trinajstić information content (AvgIpc) is 3.12. The van der Waals surface area contributed by atoms with E-state index in [0.29, 0.717) is 0 Å². The number of aromatic amines is 1. The molecule has 0 bridgehead atoms. The van der Waals surface area contributed by atoms with Gasteiger partial charge in [-0.2, -0.15) is 0 Å². The van der Waals surface area contributed by atoms with Crippen molar-refractivity contribution in [2.45, 2.75) is 13.0 Å². The van der Waals surface area contributed by atoms with Gasteiger partial charge in [-0.25, -0.2) is 4.98 Å². The number of rotatable bonds is 5. The molecule has 1 aliphatic heterocycles. The van der Waals surface area contributed by atoms with E-state index >= 15 is 0 Å². The van der Waals surface area contributed by atoms with E-state index in [2.05, 4.69) is 78.5 Å². The molecular formula is C28H29N7. The first kappa shape index (κ1) is 21.6. The molecule has 6 rings (SSSR count). The molecule has 5 heterocycles. The van der Waals surface area contributed by atoms with Crippen LogP contribution in [0, 0.1) is 0 Å². The summed E-state index contributed by atoms with van der Waals surface area (Å²) >= 11 is 0. The van der Waals surface area contributed by atoms with Gasteiger partial charge in [-0.3, -0.25) is 9.97 Å². The molecule has 0 atom stereocenters. The van der Waals surface area contributed by atoms with Gasteiger partial charge in [-0.05, 0) is 62.0 Å². The van der Waals surface area contributed by atoms with Gasteiger partial charge in [-0.1, -0.05) is 12.1 Å². The number of hydrogen-bond acceptors (Lipinski definition) is 6. The maximum atomic E-state index is 4.65. The summed E-state index contributed by atoms with van der Waals surface area (Å²) in [6, 6.07) is 17.2. The van der Waals surface area contributed by atoms with Crippen LogP contribution in [0.15, 0.2) is 73.3 Å². The number of nitrogens with one attached hydrogen (secondary N) is 2. The fraction of sp³-hybridized carbons (Fsp3) is 0.250. The van der Waals surface area contributed by atoms with Crippen LogP contribution in [-0.2, 0) is 6.54 Å². The van der Waals surface area contributed by atoms with Crippen LogP contribution in [0.4, 0.5) is 11.4 Å². The molecule has 0 unspecified atom stereocenters. The van der Waals surface area contributed by atoms with Crippen molar-refractivity contribution in [3.05, 3.63) is 78.9 Å². The molecule has 1 aliphatic rings. The van der Waals surface area contributed by atoms with Crippen molar-refractivity contribution in [2.24, 2.45) is 0 Å². The Kier molecular flexibility index (Phi) is 5.76. The van der Waals surface area contributed by atoms with Crippen molar-refractivity contribution >= 4 is 33.3 Å². The van der Waals surface area contributed by atoms with Gasteiger partial charge in [0.1, 0.15) is 5.65 Å². The second kappa shape index (κ2) is 9.35. The summed E-state index contributed by atoms with van der Waals surface area (Å²) in [5.74, 6) is 0. The number of nitrogens with zero attached hydrogens (tertiary/aromatic N) is 5. The van der Waals surface area contributed by atoms with E-state index in [0.717, 1.165) is 65.1 Å². The molecule has 0 amide bonds. The zero-order valence-corrected chi connectivity index (χ0v) is 19.9. The van der Waals surface area contributed by atoms with E-state index in [1.54, 1.807) is 6.20 Å². The number of benzene rings is 1. The van der Waals surface area contributed by atoms with Crippen LogP contribution in [0.3, 0.4) is 0 Å². The van der Waals surface area contributed by atoms with Gasteiger partial charge in [0.05, 0.1) is 29.3 Å². The topological polar surface area (TPSA) is 73.0 Å². The fourth-order valence-corrected chi connectivity index (χ4v) is 4.78. The third-order valence-electron chi connectivity index (χ3n) is 6.81. The Bertz CT molecular complexity index is 1440. The van der Waals surface area contributed by atoms with Gasteiger partial charge in [0.15, 0.2) is 0 Å². The Morgan fingerprint density at radius 2 is 1.83 bits per heavy atom. The molecule has 1 aromatic carbocycles. The second-order valence-electron chi connectivity index (χ2n) is 9.27. The largest absolute Gasteiger partial charge is 0.380 e. The minimum Gasteiger partial charge on any atom is -0.380 e. The lowest BCUT2D eigenvalue weighted by molar-refractivity contribution is 0.360.